The molecule has 0 radical (unpaired) electrons. The predicted octanol–water partition coefficient (Wildman–Crippen LogP) is 3.10. The molecule has 0 saturated heterocycles. The fraction of sp³-hybridized carbons (Fsp3) is 0.462. The second-order valence-electron chi connectivity index (χ2n) is 4.47. The van der Waals surface area contributed by atoms with Crippen molar-refractivity contribution in [3.05, 3.63) is 34.9 Å². The smallest absolute Gasteiger partial charge is 0.320 e. The van der Waals surface area contributed by atoms with Crippen LogP contribution in [0.1, 0.15) is 32.4 Å². The molecule has 0 saturated carbocycles. The number of carboxylic acids is 1. The van der Waals surface area contributed by atoms with Crippen LogP contribution < -0.4 is 5.32 Å². The Bertz CT molecular complexity index is 393. The van der Waals surface area contributed by atoms with Gasteiger partial charge in [-0.1, -0.05) is 43.6 Å². The standard InChI is InChI=1S/C13H18ClNO2/c1-8(2)12(13(16)17)15-9(3)10-6-4-5-7-11(10)14/h4-9,12,15H,1-3H3,(H,16,17)/t9-,12?/m1/s1. The molecule has 2 N–H and O–H groups in total. The van der Waals surface area contributed by atoms with E-state index in [0.717, 1.165) is 5.56 Å². The van der Waals surface area contributed by atoms with Crippen LogP contribution in [0.5, 0.6) is 0 Å². The molecule has 0 aliphatic heterocycles. The van der Waals surface area contributed by atoms with Crippen LogP contribution in [-0.2, 0) is 4.79 Å². The first-order chi connectivity index (χ1) is 7.93. The predicted molar refractivity (Wildman–Crippen MR) is 69.3 cm³/mol. The van der Waals surface area contributed by atoms with Crippen LogP contribution in [0.15, 0.2) is 24.3 Å². The molecule has 1 aromatic carbocycles. The molecular weight excluding hydrogens is 238 g/mol. The van der Waals surface area contributed by atoms with E-state index in [1.54, 1.807) is 6.07 Å². The number of hydrogen-bond donors (Lipinski definition) is 2. The van der Waals surface area contributed by atoms with Gasteiger partial charge in [0.2, 0.25) is 0 Å². The summed E-state index contributed by atoms with van der Waals surface area (Å²) in [7, 11) is 0. The largest absolute Gasteiger partial charge is 0.480 e. The van der Waals surface area contributed by atoms with Gasteiger partial charge in [-0.05, 0) is 24.5 Å². The van der Waals surface area contributed by atoms with Crippen molar-refractivity contribution in [2.75, 3.05) is 0 Å². The van der Waals surface area contributed by atoms with Crippen LogP contribution in [0.25, 0.3) is 0 Å². The highest BCUT2D eigenvalue weighted by Gasteiger charge is 2.23. The highest BCUT2D eigenvalue weighted by molar-refractivity contribution is 6.31. The average molecular weight is 256 g/mol. The summed E-state index contributed by atoms with van der Waals surface area (Å²) >= 11 is 6.07. The molecule has 1 rings (SSSR count). The summed E-state index contributed by atoms with van der Waals surface area (Å²) in [5.74, 6) is -0.809. The fourth-order valence-corrected chi connectivity index (χ4v) is 2.03. The van der Waals surface area contributed by atoms with E-state index in [0.29, 0.717) is 5.02 Å². The maximum absolute atomic E-state index is 11.1. The van der Waals surface area contributed by atoms with E-state index in [-0.39, 0.29) is 12.0 Å². The van der Waals surface area contributed by atoms with E-state index in [9.17, 15) is 4.79 Å². The number of aliphatic carboxylic acids is 1. The van der Waals surface area contributed by atoms with Gasteiger partial charge in [0.1, 0.15) is 6.04 Å². The Balaban J connectivity index is 2.81. The van der Waals surface area contributed by atoms with Gasteiger partial charge in [-0.15, -0.1) is 0 Å². The maximum atomic E-state index is 11.1. The van der Waals surface area contributed by atoms with Crippen molar-refractivity contribution in [1.82, 2.24) is 5.32 Å². The molecule has 94 valence electrons. The summed E-state index contributed by atoms with van der Waals surface area (Å²) in [6.07, 6.45) is 0. The zero-order valence-electron chi connectivity index (χ0n) is 10.3. The van der Waals surface area contributed by atoms with Crippen LogP contribution >= 0.6 is 11.6 Å². The van der Waals surface area contributed by atoms with E-state index < -0.39 is 12.0 Å². The normalized spacial score (nSPS) is 14.6. The van der Waals surface area contributed by atoms with Gasteiger partial charge >= 0.3 is 5.97 Å². The molecule has 1 unspecified atom stereocenters. The van der Waals surface area contributed by atoms with Crippen molar-refractivity contribution in [1.29, 1.82) is 0 Å². The molecule has 0 heterocycles. The zero-order valence-corrected chi connectivity index (χ0v) is 11.0. The Kier molecular flexibility index (Phi) is 4.97. The Morgan fingerprint density at radius 3 is 2.35 bits per heavy atom. The van der Waals surface area contributed by atoms with Crippen molar-refractivity contribution in [2.45, 2.75) is 32.9 Å². The monoisotopic (exact) mass is 255 g/mol. The minimum Gasteiger partial charge on any atom is -0.480 e. The maximum Gasteiger partial charge on any atom is 0.320 e. The summed E-state index contributed by atoms with van der Waals surface area (Å²) in [4.78, 5) is 11.1. The van der Waals surface area contributed by atoms with Gasteiger partial charge in [-0.3, -0.25) is 10.1 Å². The number of carbonyl (C=O) groups is 1. The van der Waals surface area contributed by atoms with E-state index in [4.69, 9.17) is 16.7 Å². The minimum atomic E-state index is -0.834. The van der Waals surface area contributed by atoms with Crippen molar-refractivity contribution in [2.24, 2.45) is 5.92 Å². The third-order valence-electron chi connectivity index (χ3n) is 2.73. The summed E-state index contributed by atoms with van der Waals surface area (Å²) in [6.45, 7) is 5.68. The van der Waals surface area contributed by atoms with E-state index >= 15 is 0 Å². The van der Waals surface area contributed by atoms with Gasteiger partial charge in [-0.2, -0.15) is 0 Å². The Labute approximate surface area is 107 Å². The van der Waals surface area contributed by atoms with Crippen molar-refractivity contribution in [3.63, 3.8) is 0 Å². The van der Waals surface area contributed by atoms with Crippen LogP contribution in [0, 0.1) is 5.92 Å². The van der Waals surface area contributed by atoms with Crippen molar-refractivity contribution in [3.8, 4) is 0 Å². The summed E-state index contributed by atoms with van der Waals surface area (Å²) in [5, 5.41) is 12.9. The number of halogens is 1. The molecule has 1 aromatic rings. The molecule has 0 bridgehead atoms. The lowest BCUT2D eigenvalue weighted by molar-refractivity contribution is -0.140. The first kappa shape index (κ1) is 14.0. The lowest BCUT2D eigenvalue weighted by atomic mass is 10.0. The molecule has 2 atom stereocenters. The number of carboxylic acid groups (broad SMARTS) is 1. The van der Waals surface area contributed by atoms with Crippen molar-refractivity contribution >= 4 is 17.6 Å². The summed E-state index contributed by atoms with van der Waals surface area (Å²) in [6, 6.07) is 6.80. The highest BCUT2D eigenvalue weighted by Crippen LogP contribution is 2.23. The van der Waals surface area contributed by atoms with Gasteiger partial charge in [0, 0.05) is 11.1 Å². The molecule has 4 heteroatoms. The lowest BCUT2D eigenvalue weighted by Gasteiger charge is -2.23. The number of nitrogens with one attached hydrogen (secondary N) is 1. The molecule has 0 fully saturated rings. The van der Waals surface area contributed by atoms with Crippen molar-refractivity contribution < 1.29 is 9.90 Å². The van der Waals surface area contributed by atoms with E-state index in [1.807, 2.05) is 39.0 Å². The molecule has 3 nitrogen and oxygen atoms in total. The van der Waals surface area contributed by atoms with Crippen LogP contribution in [0.3, 0.4) is 0 Å². The van der Waals surface area contributed by atoms with Crippen LogP contribution in [0.2, 0.25) is 5.02 Å². The molecular formula is C13H18ClNO2. The molecule has 0 aromatic heterocycles. The highest BCUT2D eigenvalue weighted by atomic mass is 35.5. The van der Waals surface area contributed by atoms with Gasteiger partial charge in [0.15, 0.2) is 0 Å². The second kappa shape index (κ2) is 6.03. The number of rotatable bonds is 5. The fourth-order valence-electron chi connectivity index (χ4n) is 1.73. The molecule has 17 heavy (non-hydrogen) atoms. The molecule has 0 aliphatic rings. The topological polar surface area (TPSA) is 49.3 Å². The molecule has 0 aliphatic carbocycles. The SMILES string of the molecule is CC(C)C(N[C@H](C)c1ccccc1Cl)C(=O)O. The Hall–Kier alpha value is -1.06. The number of benzene rings is 1. The second-order valence-corrected chi connectivity index (χ2v) is 4.88. The third kappa shape index (κ3) is 3.72. The van der Waals surface area contributed by atoms with Crippen LogP contribution in [-0.4, -0.2) is 17.1 Å². The van der Waals surface area contributed by atoms with Gasteiger partial charge in [0.25, 0.3) is 0 Å². The lowest BCUT2D eigenvalue weighted by Crippen LogP contribution is -2.42. The minimum absolute atomic E-state index is 0.0254. The Morgan fingerprint density at radius 2 is 1.88 bits per heavy atom. The van der Waals surface area contributed by atoms with Gasteiger partial charge < -0.3 is 5.11 Å². The quantitative estimate of drug-likeness (QED) is 0.850. The summed E-state index contributed by atoms with van der Waals surface area (Å²) in [5.41, 5.74) is 0.918. The van der Waals surface area contributed by atoms with E-state index in [1.165, 1.54) is 0 Å². The molecule has 0 spiro atoms. The van der Waals surface area contributed by atoms with Gasteiger partial charge in [-0.25, -0.2) is 0 Å². The number of hydrogen-bond acceptors (Lipinski definition) is 2. The summed E-state index contributed by atoms with van der Waals surface area (Å²) < 4.78 is 0. The zero-order chi connectivity index (χ0) is 13.0. The Morgan fingerprint density at radius 1 is 1.29 bits per heavy atom. The van der Waals surface area contributed by atoms with Crippen LogP contribution in [0.4, 0.5) is 0 Å². The van der Waals surface area contributed by atoms with E-state index in [2.05, 4.69) is 5.32 Å². The third-order valence-corrected chi connectivity index (χ3v) is 3.08. The van der Waals surface area contributed by atoms with Gasteiger partial charge in [0.05, 0.1) is 0 Å². The first-order valence-electron chi connectivity index (χ1n) is 5.66. The molecule has 0 amide bonds. The average Bonchev–Trinajstić information content (AvgIpc) is 2.25. The first-order valence-corrected chi connectivity index (χ1v) is 6.04.